The molecule has 0 saturated heterocycles. The molecule has 1 aromatic carbocycles. The zero-order valence-corrected chi connectivity index (χ0v) is 13.5. The molecule has 116 valence electrons. The van der Waals surface area contributed by atoms with Crippen molar-refractivity contribution in [1.29, 1.82) is 0 Å². The molecule has 2 rings (SSSR count). The van der Waals surface area contributed by atoms with E-state index in [4.69, 9.17) is 16.3 Å². The summed E-state index contributed by atoms with van der Waals surface area (Å²) in [5.74, 6) is 0.125. The van der Waals surface area contributed by atoms with Gasteiger partial charge < -0.3 is 10.1 Å². The molecule has 1 amide bonds. The minimum absolute atomic E-state index is 0.102. The summed E-state index contributed by atoms with van der Waals surface area (Å²) in [6.07, 6.45) is 0. The molecular weight excluding hydrogens is 302 g/mol. The van der Waals surface area contributed by atoms with Crippen LogP contribution >= 0.6 is 11.6 Å². The lowest BCUT2D eigenvalue weighted by atomic mass is 10.1. The number of hydrogen-bond acceptors (Lipinski definition) is 4. The fourth-order valence-electron chi connectivity index (χ4n) is 1.85. The Morgan fingerprint density at radius 2 is 1.95 bits per heavy atom. The number of amides is 1. The van der Waals surface area contributed by atoms with Crippen LogP contribution < -0.4 is 10.1 Å². The van der Waals surface area contributed by atoms with E-state index in [2.05, 4.69) is 15.5 Å². The van der Waals surface area contributed by atoms with Crippen LogP contribution in [0.25, 0.3) is 0 Å². The van der Waals surface area contributed by atoms with Crippen LogP contribution in [-0.4, -0.2) is 22.7 Å². The summed E-state index contributed by atoms with van der Waals surface area (Å²) in [4.78, 5) is 11.9. The molecule has 6 heteroatoms. The van der Waals surface area contributed by atoms with E-state index in [1.165, 1.54) is 0 Å². The maximum absolute atomic E-state index is 11.9. The predicted octanol–water partition coefficient (Wildman–Crippen LogP) is 3.00. The second kappa shape index (κ2) is 7.22. The minimum Gasteiger partial charge on any atom is -0.466 e. The third kappa shape index (κ3) is 4.43. The molecule has 0 fully saturated rings. The van der Waals surface area contributed by atoms with Crippen molar-refractivity contribution in [3.05, 3.63) is 52.2 Å². The Balaban J connectivity index is 1.87. The quantitative estimate of drug-likeness (QED) is 0.920. The van der Waals surface area contributed by atoms with Gasteiger partial charge in [-0.1, -0.05) is 23.7 Å². The molecule has 2 aromatic rings. The van der Waals surface area contributed by atoms with Crippen molar-refractivity contribution in [3.8, 4) is 5.88 Å². The number of nitrogens with one attached hydrogen (secondary N) is 1. The van der Waals surface area contributed by atoms with Gasteiger partial charge in [0.2, 0.25) is 5.88 Å². The van der Waals surface area contributed by atoms with E-state index in [1.54, 1.807) is 18.2 Å². The van der Waals surface area contributed by atoms with E-state index in [0.29, 0.717) is 10.9 Å². The molecule has 0 aliphatic rings. The third-order valence-electron chi connectivity index (χ3n) is 3.31. The summed E-state index contributed by atoms with van der Waals surface area (Å²) in [7, 11) is 0. The Kier molecular flexibility index (Phi) is 5.33. The molecule has 0 spiro atoms. The van der Waals surface area contributed by atoms with Gasteiger partial charge in [-0.05, 0) is 44.0 Å². The van der Waals surface area contributed by atoms with Crippen LogP contribution in [-0.2, 0) is 4.79 Å². The highest BCUT2D eigenvalue weighted by atomic mass is 35.5. The lowest BCUT2D eigenvalue weighted by Gasteiger charge is -2.14. The van der Waals surface area contributed by atoms with Gasteiger partial charge in [0.1, 0.15) is 0 Å². The van der Waals surface area contributed by atoms with Gasteiger partial charge in [0.05, 0.1) is 11.7 Å². The predicted molar refractivity (Wildman–Crippen MR) is 85.0 cm³/mol. The summed E-state index contributed by atoms with van der Waals surface area (Å²) in [6, 6.07) is 8.98. The van der Waals surface area contributed by atoms with Crippen LogP contribution in [0.15, 0.2) is 30.3 Å². The summed E-state index contributed by atoms with van der Waals surface area (Å²) in [5, 5.41) is 11.4. The average Bonchev–Trinajstić information content (AvgIpc) is 2.49. The number of rotatable bonds is 5. The average molecular weight is 320 g/mol. The molecule has 0 aliphatic carbocycles. The van der Waals surface area contributed by atoms with E-state index in [0.717, 1.165) is 16.8 Å². The first-order valence-corrected chi connectivity index (χ1v) is 7.32. The number of aryl methyl sites for hydroxylation is 2. The molecule has 0 radical (unpaired) electrons. The van der Waals surface area contributed by atoms with Crippen molar-refractivity contribution in [1.82, 2.24) is 15.5 Å². The number of benzene rings is 1. The van der Waals surface area contributed by atoms with E-state index in [9.17, 15) is 4.79 Å². The number of aromatic nitrogens is 2. The second-order valence-electron chi connectivity index (χ2n) is 5.08. The molecule has 0 saturated carbocycles. The molecule has 5 nitrogen and oxygen atoms in total. The molecule has 0 bridgehead atoms. The summed E-state index contributed by atoms with van der Waals surface area (Å²) < 4.78 is 5.35. The van der Waals surface area contributed by atoms with E-state index in [-0.39, 0.29) is 18.6 Å². The van der Waals surface area contributed by atoms with Crippen molar-refractivity contribution >= 4 is 17.5 Å². The topological polar surface area (TPSA) is 64.1 Å². The van der Waals surface area contributed by atoms with Gasteiger partial charge in [-0.2, -0.15) is 5.10 Å². The maximum atomic E-state index is 11.9. The Bertz CT molecular complexity index is 659. The number of halogens is 1. The Labute approximate surface area is 134 Å². The van der Waals surface area contributed by atoms with Crippen LogP contribution in [0, 0.1) is 13.8 Å². The molecular formula is C16H18ClN3O2. The molecule has 1 heterocycles. The number of carbonyl (C=O) groups excluding carboxylic acids is 1. The number of ether oxygens (including phenoxy) is 1. The van der Waals surface area contributed by atoms with Gasteiger partial charge in [0.25, 0.3) is 5.91 Å². The SMILES string of the molecule is Cc1cc(OCC(=O)NC(C)c2ccc(Cl)cc2)nnc1C. The van der Waals surface area contributed by atoms with Crippen molar-refractivity contribution in [2.45, 2.75) is 26.8 Å². The zero-order chi connectivity index (χ0) is 16.1. The van der Waals surface area contributed by atoms with E-state index < -0.39 is 0 Å². The number of hydrogen-bond donors (Lipinski definition) is 1. The first-order valence-electron chi connectivity index (χ1n) is 6.94. The third-order valence-corrected chi connectivity index (χ3v) is 3.56. The Morgan fingerprint density at radius 3 is 2.59 bits per heavy atom. The molecule has 22 heavy (non-hydrogen) atoms. The normalized spacial score (nSPS) is 11.8. The van der Waals surface area contributed by atoms with Crippen molar-refractivity contribution < 1.29 is 9.53 Å². The summed E-state index contributed by atoms with van der Waals surface area (Å²) in [6.45, 7) is 5.58. The van der Waals surface area contributed by atoms with Crippen LogP contribution in [0.3, 0.4) is 0 Å². The molecule has 1 unspecified atom stereocenters. The molecule has 1 aromatic heterocycles. The van der Waals surface area contributed by atoms with Gasteiger partial charge >= 0.3 is 0 Å². The monoisotopic (exact) mass is 319 g/mol. The van der Waals surface area contributed by atoms with Crippen LogP contribution in [0.1, 0.15) is 29.8 Å². The standard InChI is InChI=1S/C16H18ClN3O2/c1-10-8-16(20-19-11(10)2)22-9-15(21)18-12(3)13-4-6-14(17)7-5-13/h4-8,12H,9H2,1-3H3,(H,18,21). The minimum atomic E-state index is -0.220. The lowest BCUT2D eigenvalue weighted by Crippen LogP contribution is -2.31. The smallest absolute Gasteiger partial charge is 0.258 e. The van der Waals surface area contributed by atoms with Crippen molar-refractivity contribution in [3.63, 3.8) is 0 Å². The first kappa shape index (κ1) is 16.2. The Morgan fingerprint density at radius 1 is 1.27 bits per heavy atom. The zero-order valence-electron chi connectivity index (χ0n) is 12.8. The second-order valence-corrected chi connectivity index (χ2v) is 5.52. The fourth-order valence-corrected chi connectivity index (χ4v) is 1.98. The molecule has 1 N–H and O–H groups in total. The summed E-state index contributed by atoms with van der Waals surface area (Å²) >= 11 is 5.84. The highest BCUT2D eigenvalue weighted by Gasteiger charge is 2.11. The van der Waals surface area contributed by atoms with E-state index >= 15 is 0 Å². The highest BCUT2D eigenvalue weighted by molar-refractivity contribution is 6.30. The Hall–Kier alpha value is -2.14. The largest absolute Gasteiger partial charge is 0.466 e. The van der Waals surface area contributed by atoms with Gasteiger partial charge in [0, 0.05) is 11.1 Å². The first-order chi connectivity index (χ1) is 10.5. The van der Waals surface area contributed by atoms with Crippen LogP contribution in [0.5, 0.6) is 5.88 Å². The fraction of sp³-hybridized carbons (Fsp3) is 0.312. The highest BCUT2D eigenvalue weighted by Crippen LogP contribution is 2.16. The van der Waals surface area contributed by atoms with Gasteiger partial charge in [-0.15, -0.1) is 5.10 Å². The maximum Gasteiger partial charge on any atom is 0.258 e. The van der Waals surface area contributed by atoms with Gasteiger partial charge in [-0.3, -0.25) is 4.79 Å². The number of carbonyl (C=O) groups is 1. The van der Waals surface area contributed by atoms with Crippen molar-refractivity contribution in [2.24, 2.45) is 0 Å². The summed E-state index contributed by atoms with van der Waals surface area (Å²) in [5.41, 5.74) is 2.79. The van der Waals surface area contributed by atoms with Crippen molar-refractivity contribution in [2.75, 3.05) is 6.61 Å². The van der Waals surface area contributed by atoms with E-state index in [1.807, 2.05) is 32.9 Å². The molecule has 0 aliphatic heterocycles. The lowest BCUT2D eigenvalue weighted by molar-refractivity contribution is -0.123. The van der Waals surface area contributed by atoms with Crippen LogP contribution in [0.4, 0.5) is 0 Å². The van der Waals surface area contributed by atoms with Gasteiger partial charge in [-0.25, -0.2) is 0 Å². The molecule has 1 atom stereocenters. The number of nitrogens with zero attached hydrogens (tertiary/aromatic N) is 2. The van der Waals surface area contributed by atoms with Crippen LogP contribution in [0.2, 0.25) is 5.02 Å². The van der Waals surface area contributed by atoms with Gasteiger partial charge in [0.15, 0.2) is 6.61 Å².